The fourth-order valence-electron chi connectivity index (χ4n) is 2.92. The summed E-state index contributed by atoms with van der Waals surface area (Å²) in [6, 6.07) is 18.1. The molecule has 5 heteroatoms. The minimum Gasteiger partial charge on any atom is -0.478 e. The number of halogens is 1. The van der Waals surface area contributed by atoms with E-state index in [0.29, 0.717) is 33.1 Å². The number of fused-ring (bicyclic) bond motifs is 1. The molecular weight excluding hydrogens is 350 g/mol. The van der Waals surface area contributed by atoms with Crippen LogP contribution in [-0.2, 0) is 0 Å². The number of furan rings is 1. The maximum Gasteiger partial charge on any atom is 0.336 e. The van der Waals surface area contributed by atoms with Gasteiger partial charge in [0.25, 0.3) is 0 Å². The van der Waals surface area contributed by atoms with Crippen LogP contribution in [0.2, 0.25) is 5.02 Å². The molecule has 0 atom stereocenters. The number of nitrogens with zero attached hydrogens (tertiary/aromatic N) is 1. The van der Waals surface area contributed by atoms with Gasteiger partial charge in [-0.05, 0) is 49.4 Å². The molecule has 4 aromatic rings. The lowest BCUT2D eigenvalue weighted by Crippen LogP contribution is -2.00. The third kappa shape index (κ3) is 2.95. The maximum absolute atomic E-state index is 11.7. The zero-order valence-corrected chi connectivity index (χ0v) is 14.6. The molecule has 2 aromatic heterocycles. The Morgan fingerprint density at radius 1 is 1.04 bits per heavy atom. The van der Waals surface area contributed by atoms with Gasteiger partial charge in [-0.3, -0.25) is 0 Å². The molecule has 0 fully saturated rings. The van der Waals surface area contributed by atoms with Gasteiger partial charge in [-0.25, -0.2) is 9.78 Å². The van der Waals surface area contributed by atoms with Crippen molar-refractivity contribution in [2.24, 2.45) is 0 Å². The maximum atomic E-state index is 11.7. The molecular formula is C21H14ClNO3. The topological polar surface area (TPSA) is 63.3 Å². The fraction of sp³-hybridized carbons (Fsp3) is 0.0476. The van der Waals surface area contributed by atoms with Gasteiger partial charge < -0.3 is 9.52 Å². The molecule has 0 saturated heterocycles. The van der Waals surface area contributed by atoms with Gasteiger partial charge in [0.1, 0.15) is 11.5 Å². The van der Waals surface area contributed by atoms with Gasteiger partial charge in [-0.15, -0.1) is 0 Å². The second-order valence-corrected chi connectivity index (χ2v) is 6.49. The highest BCUT2D eigenvalue weighted by molar-refractivity contribution is 6.30. The summed E-state index contributed by atoms with van der Waals surface area (Å²) in [6.45, 7) is 1.92. The lowest BCUT2D eigenvalue weighted by Gasteiger charge is -2.06. The van der Waals surface area contributed by atoms with Crippen LogP contribution in [0.25, 0.3) is 33.7 Å². The second-order valence-electron chi connectivity index (χ2n) is 6.06. The Balaban J connectivity index is 1.85. The number of benzene rings is 2. The van der Waals surface area contributed by atoms with Crippen molar-refractivity contribution in [3.8, 4) is 22.8 Å². The van der Waals surface area contributed by atoms with E-state index >= 15 is 0 Å². The average Bonchev–Trinajstić information content (AvgIpc) is 3.11. The molecule has 26 heavy (non-hydrogen) atoms. The summed E-state index contributed by atoms with van der Waals surface area (Å²) in [5, 5.41) is 10.8. The Kier molecular flexibility index (Phi) is 3.98. The normalized spacial score (nSPS) is 11.0. The number of aryl methyl sites for hydroxylation is 1. The molecule has 0 aliphatic carbocycles. The molecule has 1 N–H and O–H groups in total. The first kappa shape index (κ1) is 16.4. The lowest BCUT2D eigenvalue weighted by atomic mass is 10.0. The van der Waals surface area contributed by atoms with Crippen molar-refractivity contribution in [1.82, 2.24) is 4.98 Å². The van der Waals surface area contributed by atoms with Gasteiger partial charge in [0.2, 0.25) is 0 Å². The quantitative estimate of drug-likeness (QED) is 0.498. The highest BCUT2D eigenvalue weighted by Crippen LogP contribution is 2.31. The van der Waals surface area contributed by atoms with Gasteiger partial charge in [0.15, 0.2) is 5.76 Å². The third-order valence-electron chi connectivity index (χ3n) is 4.16. The van der Waals surface area contributed by atoms with Gasteiger partial charge in [0.05, 0.1) is 11.1 Å². The van der Waals surface area contributed by atoms with Gasteiger partial charge in [-0.2, -0.15) is 0 Å². The number of carbonyl (C=O) groups is 1. The summed E-state index contributed by atoms with van der Waals surface area (Å²) in [5.74, 6) is 0.154. The minimum absolute atomic E-state index is 0.203. The highest BCUT2D eigenvalue weighted by atomic mass is 35.5. The van der Waals surface area contributed by atoms with Crippen molar-refractivity contribution in [2.75, 3.05) is 0 Å². The van der Waals surface area contributed by atoms with E-state index in [2.05, 4.69) is 4.98 Å². The van der Waals surface area contributed by atoms with Crippen LogP contribution in [0, 0.1) is 6.92 Å². The number of rotatable bonds is 3. The Hall–Kier alpha value is -3.11. The van der Waals surface area contributed by atoms with E-state index in [-0.39, 0.29) is 5.56 Å². The van der Waals surface area contributed by atoms with E-state index in [1.54, 1.807) is 18.2 Å². The van der Waals surface area contributed by atoms with Gasteiger partial charge in [0, 0.05) is 16.0 Å². The van der Waals surface area contributed by atoms with E-state index < -0.39 is 5.97 Å². The second kappa shape index (κ2) is 6.32. The van der Waals surface area contributed by atoms with Crippen molar-refractivity contribution in [1.29, 1.82) is 0 Å². The van der Waals surface area contributed by atoms with Crippen LogP contribution in [0.5, 0.6) is 0 Å². The molecule has 2 heterocycles. The minimum atomic E-state index is -0.995. The van der Waals surface area contributed by atoms with Crippen LogP contribution >= 0.6 is 11.6 Å². The van der Waals surface area contributed by atoms with Crippen LogP contribution in [0.15, 0.2) is 65.1 Å². The Bertz CT molecular complexity index is 1150. The molecule has 0 bridgehead atoms. The first-order valence-electron chi connectivity index (χ1n) is 8.02. The summed E-state index contributed by atoms with van der Waals surface area (Å²) < 4.78 is 5.90. The summed E-state index contributed by atoms with van der Waals surface area (Å²) in [4.78, 5) is 16.3. The van der Waals surface area contributed by atoms with Gasteiger partial charge in [-0.1, -0.05) is 35.4 Å². The Labute approximate surface area is 154 Å². The van der Waals surface area contributed by atoms with E-state index in [1.807, 2.05) is 49.4 Å². The number of carboxylic acids is 1. The standard InChI is InChI=1S/C21H14ClNO3/c1-12-5-6-17-15(9-12)16(21(24)25)11-18(23-17)20-8-7-19(26-20)13-3-2-4-14(22)10-13/h2-11H,1H3,(H,24,25). The van der Waals surface area contributed by atoms with Crippen molar-refractivity contribution >= 4 is 28.5 Å². The van der Waals surface area contributed by atoms with Crippen LogP contribution in [0.3, 0.4) is 0 Å². The highest BCUT2D eigenvalue weighted by Gasteiger charge is 2.15. The molecule has 0 aliphatic rings. The first-order chi connectivity index (χ1) is 12.5. The summed E-state index contributed by atoms with van der Waals surface area (Å²) in [7, 11) is 0. The molecule has 0 radical (unpaired) electrons. The van der Waals surface area contributed by atoms with Crippen LogP contribution < -0.4 is 0 Å². The predicted molar refractivity (Wildman–Crippen MR) is 102 cm³/mol. The van der Waals surface area contributed by atoms with E-state index in [4.69, 9.17) is 16.0 Å². The Morgan fingerprint density at radius 3 is 2.62 bits per heavy atom. The number of carboxylic acid groups (broad SMARTS) is 1. The van der Waals surface area contributed by atoms with E-state index in [1.165, 1.54) is 0 Å². The molecule has 0 amide bonds. The SMILES string of the molecule is Cc1ccc2nc(-c3ccc(-c4cccc(Cl)c4)o3)cc(C(=O)O)c2c1. The van der Waals surface area contributed by atoms with Gasteiger partial charge >= 0.3 is 5.97 Å². The smallest absolute Gasteiger partial charge is 0.336 e. The third-order valence-corrected chi connectivity index (χ3v) is 4.40. The zero-order chi connectivity index (χ0) is 18.3. The molecule has 0 unspecified atom stereocenters. The van der Waals surface area contributed by atoms with Crippen LogP contribution in [0.1, 0.15) is 15.9 Å². The number of hydrogen-bond donors (Lipinski definition) is 1. The number of aromatic nitrogens is 1. The molecule has 128 valence electrons. The van der Waals surface area contributed by atoms with Crippen LogP contribution in [0.4, 0.5) is 0 Å². The first-order valence-corrected chi connectivity index (χ1v) is 8.40. The largest absolute Gasteiger partial charge is 0.478 e. The lowest BCUT2D eigenvalue weighted by molar-refractivity contribution is 0.0699. The summed E-state index contributed by atoms with van der Waals surface area (Å²) in [5.41, 5.74) is 3.13. The molecule has 4 rings (SSSR count). The summed E-state index contributed by atoms with van der Waals surface area (Å²) in [6.07, 6.45) is 0. The van der Waals surface area contributed by atoms with E-state index in [0.717, 1.165) is 11.1 Å². The van der Waals surface area contributed by atoms with E-state index in [9.17, 15) is 9.90 Å². The average molecular weight is 364 g/mol. The van der Waals surface area contributed by atoms with Crippen molar-refractivity contribution in [3.63, 3.8) is 0 Å². The zero-order valence-electron chi connectivity index (χ0n) is 13.9. The predicted octanol–water partition coefficient (Wildman–Crippen LogP) is 5.82. The monoisotopic (exact) mass is 363 g/mol. The Morgan fingerprint density at radius 2 is 1.85 bits per heavy atom. The van der Waals surface area contributed by atoms with Crippen molar-refractivity contribution < 1.29 is 14.3 Å². The number of pyridine rings is 1. The van der Waals surface area contributed by atoms with Crippen LogP contribution in [-0.4, -0.2) is 16.1 Å². The summed E-state index contributed by atoms with van der Waals surface area (Å²) >= 11 is 6.03. The molecule has 0 spiro atoms. The number of hydrogen-bond acceptors (Lipinski definition) is 3. The fourth-order valence-corrected chi connectivity index (χ4v) is 3.11. The molecule has 0 saturated carbocycles. The molecule has 4 nitrogen and oxygen atoms in total. The number of aromatic carboxylic acids is 1. The molecule has 0 aliphatic heterocycles. The van der Waals surface area contributed by atoms with Crippen molar-refractivity contribution in [3.05, 3.63) is 76.8 Å². The van der Waals surface area contributed by atoms with Crippen molar-refractivity contribution in [2.45, 2.75) is 6.92 Å². The molecule has 2 aromatic carbocycles.